The van der Waals surface area contributed by atoms with Gasteiger partial charge in [-0.05, 0) is 24.5 Å². The highest BCUT2D eigenvalue weighted by Crippen LogP contribution is 2.23. The summed E-state index contributed by atoms with van der Waals surface area (Å²) in [6.45, 7) is 7.46. The molecule has 3 nitrogen and oxygen atoms in total. The number of carbonyl (C=O) groups excluding carboxylic acids is 1. The van der Waals surface area contributed by atoms with E-state index >= 15 is 0 Å². The number of nitrogens with one attached hydrogen (secondary N) is 1. The minimum absolute atomic E-state index is 0.0232. The Kier molecular flexibility index (Phi) is 4.76. The Bertz CT molecular complexity index is 413. The number of rotatable bonds is 5. The normalized spacial score (nSPS) is 11.9. The molecule has 0 aliphatic carbocycles. The minimum Gasteiger partial charge on any atom is -0.508 e. The number of phenolic OH excluding ortho intramolecular Hbond substituents is 1. The van der Waals surface area contributed by atoms with Gasteiger partial charge in [-0.15, -0.1) is 6.58 Å². The molecule has 92 valence electrons. The van der Waals surface area contributed by atoms with E-state index in [-0.39, 0.29) is 17.6 Å². The van der Waals surface area contributed by atoms with E-state index in [1.807, 2.05) is 13.8 Å². The van der Waals surface area contributed by atoms with Crippen molar-refractivity contribution in [2.24, 2.45) is 5.92 Å². The van der Waals surface area contributed by atoms with Crippen LogP contribution in [0.5, 0.6) is 5.75 Å². The second-order valence-electron chi connectivity index (χ2n) is 4.13. The van der Waals surface area contributed by atoms with E-state index in [0.717, 1.165) is 12.0 Å². The molecular weight excluding hydrogens is 214 g/mol. The highest BCUT2D eigenvalue weighted by atomic mass is 16.3. The highest BCUT2D eigenvalue weighted by molar-refractivity contribution is 5.92. The van der Waals surface area contributed by atoms with Gasteiger partial charge >= 0.3 is 0 Å². The third-order valence-corrected chi connectivity index (χ3v) is 2.78. The number of anilines is 1. The third kappa shape index (κ3) is 3.63. The van der Waals surface area contributed by atoms with Crippen LogP contribution in [0.25, 0.3) is 0 Å². The maximum absolute atomic E-state index is 11.7. The molecule has 1 unspecified atom stereocenters. The maximum Gasteiger partial charge on any atom is 0.227 e. The molecular formula is C14H19NO2. The van der Waals surface area contributed by atoms with Crippen molar-refractivity contribution >= 4 is 11.6 Å². The predicted molar refractivity (Wildman–Crippen MR) is 70.1 cm³/mol. The summed E-state index contributed by atoms with van der Waals surface area (Å²) in [5, 5.41) is 12.5. The van der Waals surface area contributed by atoms with Gasteiger partial charge in [-0.1, -0.05) is 26.0 Å². The van der Waals surface area contributed by atoms with E-state index in [1.54, 1.807) is 24.3 Å². The van der Waals surface area contributed by atoms with Gasteiger partial charge in [-0.2, -0.15) is 0 Å². The summed E-state index contributed by atoms with van der Waals surface area (Å²) >= 11 is 0. The van der Waals surface area contributed by atoms with Crippen molar-refractivity contribution in [3.63, 3.8) is 0 Å². The zero-order valence-corrected chi connectivity index (χ0v) is 10.4. The summed E-state index contributed by atoms with van der Waals surface area (Å²) in [5.74, 6) is 0.139. The van der Waals surface area contributed by atoms with Gasteiger partial charge in [0.1, 0.15) is 5.75 Å². The zero-order chi connectivity index (χ0) is 12.8. The fourth-order valence-electron chi connectivity index (χ4n) is 1.42. The van der Waals surface area contributed by atoms with Crippen LogP contribution in [-0.2, 0) is 11.2 Å². The Balaban J connectivity index is 2.77. The highest BCUT2D eigenvalue weighted by Gasteiger charge is 2.11. The molecule has 0 aliphatic heterocycles. The smallest absolute Gasteiger partial charge is 0.227 e. The fraction of sp³-hybridized carbons (Fsp3) is 0.357. The number of amides is 1. The molecule has 1 amide bonds. The Morgan fingerprint density at radius 1 is 1.59 bits per heavy atom. The van der Waals surface area contributed by atoms with E-state index < -0.39 is 0 Å². The van der Waals surface area contributed by atoms with Crippen molar-refractivity contribution in [2.75, 3.05) is 5.32 Å². The standard InChI is InChI=1S/C14H19NO2/c1-4-6-11-7-8-12(9-13(11)16)15-14(17)10(3)5-2/h4,7-10,16H,1,5-6H2,2-3H3,(H,15,17). The van der Waals surface area contributed by atoms with Crippen LogP contribution in [0.2, 0.25) is 0 Å². The van der Waals surface area contributed by atoms with Crippen molar-refractivity contribution in [3.8, 4) is 5.75 Å². The molecule has 0 fully saturated rings. The molecule has 17 heavy (non-hydrogen) atoms. The van der Waals surface area contributed by atoms with Gasteiger partial charge < -0.3 is 10.4 Å². The van der Waals surface area contributed by atoms with Crippen LogP contribution in [0.4, 0.5) is 5.69 Å². The molecule has 3 heteroatoms. The molecule has 1 atom stereocenters. The SMILES string of the molecule is C=CCc1ccc(NC(=O)C(C)CC)cc1O. The van der Waals surface area contributed by atoms with Gasteiger partial charge in [0.2, 0.25) is 5.91 Å². The lowest BCUT2D eigenvalue weighted by Gasteiger charge is -2.11. The number of aromatic hydroxyl groups is 1. The number of benzene rings is 1. The van der Waals surface area contributed by atoms with E-state index in [1.165, 1.54) is 0 Å². The summed E-state index contributed by atoms with van der Waals surface area (Å²) in [5.41, 5.74) is 1.43. The lowest BCUT2D eigenvalue weighted by atomic mass is 10.1. The van der Waals surface area contributed by atoms with E-state index in [9.17, 15) is 9.90 Å². The Morgan fingerprint density at radius 2 is 2.29 bits per heavy atom. The molecule has 0 aliphatic rings. The summed E-state index contributed by atoms with van der Waals surface area (Å²) in [4.78, 5) is 11.7. The Morgan fingerprint density at radius 3 is 2.82 bits per heavy atom. The lowest BCUT2D eigenvalue weighted by Crippen LogP contribution is -2.19. The van der Waals surface area contributed by atoms with E-state index in [4.69, 9.17) is 0 Å². The summed E-state index contributed by atoms with van der Waals surface area (Å²) < 4.78 is 0. The van der Waals surface area contributed by atoms with Crippen LogP contribution in [0.1, 0.15) is 25.8 Å². The van der Waals surface area contributed by atoms with Crippen molar-refractivity contribution in [1.29, 1.82) is 0 Å². The molecule has 1 aromatic carbocycles. The van der Waals surface area contributed by atoms with Crippen LogP contribution in [0, 0.1) is 5.92 Å². The monoisotopic (exact) mass is 233 g/mol. The minimum atomic E-state index is -0.0247. The maximum atomic E-state index is 11.7. The summed E-state index contributed by atoms with van der Waals surface area (Å²) in [6.07, 6.45) is 3.14. The lowest BCUT2D eigenvalue weighted by molar-refractivity contribution is -0.119. The molecule has 0 bridgehead atoms. The molecule has 0 aromatic heterocycles. The first-order valence-electron chi connectivity index (χ1n) is 5.82. The number of carbonyl (C=O) groups is 1. The van der Waals surface area contributed by atoms with Gasteiger partial charge in [-0.3, -0.25) is 4.79 Å². The van der Waals surface area contributed by atoms with Crippen molar-refractivity contribution < 1.29 is 9.90 Å². The van der Waals surface area contributed by atoms with Gasteiger partial charge in [0.15, 0.2) is 0 Å². The molecule has 0 saturated heterocycles. The van der Waals surface area contributed by atoms with Gasteiger partial charge in [0.25, 0.3) is 0 Å². The first-order chi connectivity index (χ1) is 8.08. The van der Waals surface area contributed by atoms with Crippen LogP contribution in [0.15, 0.2) is 30.9 Å². The Labute approximate surface area is 102 Å². The number of phenols is 1. The van der Waals surface area contributed by atoms with Crippen molar-refractivity contribution in [3.05, 3.63) is 36.4 Å². The molecule has 1 rings (SSSR count). The summed E-state index contributed by atoms with van der Waals surface area (Å²) in [6, 6.07) is 5.15. The third-order valence-electron chi connectivity index (χ3n) is 2.78. The molecule has 0 heterocycles. The average Bonchev–Trinajstić information content (AvgIpc) is 2.31. The topological polar surface area (TPSA) is 49.3 Å². The van der Waals surface area contributed by atoms with Crippen LogP contribution >= 0.6 is 0 Å². The fourth-order valence-corrected chi connectivity index (χ4v) is 1.42. The van der Waals surface area contributed by atoms with Gasteiger partial charge in [0.05, 0.1) is 0 Å². The van der Waals surface area contributed by atoms with Crippen molar-refractivity contribution in [1.82, 2.24) is 0 Å². The number of hydrogen-bond donors (Lipinski definition) is 2. The van der Waals surface area contributed by atoms with E-state index in [2.05, 4.69) is 11.9 Å². The van der Waals surface area contributed by atoms with Gasteiger partial charge in [-0.25, -0.2) is 0 Å². The first-order valence-corrected chi connectivity index (χ1v) is 5.82. The molecule has 2 N–H and O–H groups in total. The predicted octanol–water partition coefficient (Wildman–Crippen LogP) is 3.11. The van der Waals surface area contributed by atoms with Crippen LogP contribution < -0.4 is 5.32 Å². The van der Waals surface area contributed by atoms with Gasteiger partial charge in [0, 0.05) is 17.7 Å². The zero-order valence-electron chi connectivity index (χ0n) is 10.4. The molecule has 0 spiro atoms. The molecule has 0 radical (unpaired) electrons. The van der Waals surface area contributed by atoms with Crippen LogP contribution in [0.3, 0.4) is 0 Å². The number of allylic oxidation sites excluding steroid dienone is 1. The average molecular weight is 233 g/mol. The second kappa shape index (κ2) is 6.09. The quantitative estimate of drug-likeness (QED) is 0.768. The molecule has 0 saturated carbocycles. The largest absolute Gasteiger partial charge is 0.508 e. The second-order valence-corrected chi connectivity index (χ2v) is 4.13. The molecule has 1 aromatic rings. The van der Waals surface area contributed by atoms with Crippen molar-refractivity contribution in [2.45, 2.75) is 26.7 Å². The number of hydrogen-bond acceptors (Lipinski definition) is 2. The summed E-state index contributed by atoms with van der Waals surface area (Å²) in [7, 11) is 0. The Hall–Kier alpha value is -1.77. The van der Waals surface area contributed by atoms with E-state index in [0.29, 0.717) is 12.1 Å². The first kappa shape index (κ1) is 13.3. The van der Waals surface area contributed by atoms with Crippen LogP contribution in [-0.4, -0.2) is 11.0 Å².